The van der Waals surface area contributed by atoms with E-state index in [1.54, 1.807) is 66.7 Å². The van der Waals surface area contributed by atoms with Crippen LogP contribution in [0.1, 0.15) is 26.7 Å². The summed E-state index contributed by atoms with van der Waals surface area (Å²) in [4.78, 5) is 40.9. The molecule has 1 heterocycles. The summed E-state index contributed by atoms with van der Waals surface area (Å²) < 4.78 is 24.4. The second-order valence-corrected chi connectivity index (χ2v) is 11.6. The highest BCUT2D eigenvalue weighted by atomic mass is 32.2. The van der Waals surface area contributed by atoms with E-state index in [0.717, 1.165) is 10.5 Å². The number of hydrogen-bond donors (Lipinski definition) is 3. The third-order valence-corrected chi connectivity index (χ3v) is 8.28. The van der Waals surface area contributed by atoms with Crippen molar-refractivity contribution in [2.75, 3.05) is 17.4 Å². The maximum Gasteiger partial charge on any atom is 0.272 e. The van der Waals surface area contributed by atoms with Gasteiger partial charge in [0.05, 0.1) is 0 Å². The number of anilines is 2. The third-order valence-electron chi connectivity index (χ3n) is 7.04. The van der Waals surface area contributed by atoms with E-state index in [1.807, 2.05) is 36.4 Å². The highest BCUT2D eigenvalue weighted by Gasteiger charge is 2.24. The lowest BCUT2D eigenvalue weighted by molar-refractivity contribution is -0.116. The van der Waals surface area contributed by atoms with Crippen LogP contribution < -0.4 is 25.4 Å². The number of hydrogen-bond acceptors (Lipinski definition) is 6. The third kappa shape index (κ3) is 8.05. The molecule has 1 aliphatic heterocycles. The van der Waals surface area contributed by atoms with Crippen LogP contribution in [-0.2, 0) is 9.59 Å². The van der Waals surface area contributed by atoms with Crippen molar-refractivity contribution < 1.29 is 28.2 Å². The summed E-state index contributed by atoms with van der Waals surface area (Å²) in [6, 6.07) is 35.7. The molecule has 0 aliphatic carbocycles. The van der Waals surface area contributed by atoms with E-state index in [9.17, 15) is 18.8 Å². The summed E-state index contributed by atoms with van der Waals surface area (Å²) in [5, 5.41) is 7.86. The fraction of sp³-hybridized carbons (Fsp3) is 0.0541. The number of rotatable bonds is 10. The average molecular weight is 646 g/mol. The van der Waals surface area contributed by atoms with Crippen LogP contribution >= 0.6 is 11.8 Å². The van der Waals surface area contributed by atoms with Crippen molar-refractivity contribution in [2.24, 2.45) is 0 Å². The van der Waals surface area contributed by atoms with Gasteiger partial charge in [-0.15, -0.1) is 11.8 Å². The van der Waals surface area contributed by atoms with Gasteiger partial charge in [0.25, 0.3) is 11.8 Å². The summed E-state index contributed by atoms with van der Waals surface area (Å²) in [6.45, 7) is 0.130. The van der Waals surface area contributed by atoms with Crippen LogP contribution in [0.25, 0.3) is 6.08 Å². The average Bonchev–Trinajstić information content (AvgIpc) is 3.57. The van der Waals surface area contributed by atoms with Crippen molar-refractivity contribution in [1.82, 2.24) is 5.32 Å². The molecule has 234 valence electrons. The van der Waals surface area contributed by atoms with Crippen LogP contribution in [0.4, 0.5) is 15.8 Å². The Morgan fingerprint density at radius 1 is 0.723 bits per heavy atom. The fourth-order valence-electron chi connectivity index (χ4n) is 4.73. The molecule has 10 heteroatoms. The molecule has 3 N–H and O–H groups in total. The Kier molecular flexibility index (Phi) is 9.59. The molecule has 47 heavy (non-hydrogen) atoms. The normalized spacial score (nSPS) is 12.6. The van der Waals surface area contributed by atoms with Gasteiger partial charge in [-0.2, -0.15) is 0 Å². The number of carbonyl (C=O) groups is 3. The zero-order valence-electron chi connectivity index (χ0n) is 24.8. The first-order valence-corrected chi connectivity index (χ1v) is 15.5. The number of benzene rings is 5. The van der Waals surface area contributed by atoms with Crippen LogP contribution in [0.5, 0.6) is 11.5 Å². The molecule has 5 aromatic carbocycles. The van der Waals surface area contributed by atoms with E-state index in [0.29, 0.717) is 34.0 Å². The Balaban J connectivity index is 1.22. The van der Waals surface area contributed by atoms with E-state index in [1.165, 1.54) is 42.1 Å². The van der Waals surface area contributed by atoms with Gasteiger partial charge in [0.15, 0.2) is 11.5 Å². The second-order valence-electron chi connectivity index (χ2n) is 10.4. The number of amides is 3. The van der Waals surface area contributed by atoms with Gasteiger partial charge < -0.3 is 25.4 Å². The quantitative estimate of drug-likeness (QED) is 0.108. The zero-order chi connectivity index (χ0) is 32.6. The monoisotopic (exact) mass is 645 g/mol. The summed E-state index contributed by atoms with van der Waals surface area (Å²) in [6.07, 6.45) is 1.47. The lowest BCUT2D eigenvalue weighted by atomic mass is 10.1. The van der Waals surface area contributed by atoms with Gasteiger partial charge >= 0.3 is 0 Å². The smallest absolute Gasteiger partial charge is 0.272 e. The zero-order valence-corrected chi connectivity index (χ0v) is 25.6. The van der Waals surface area contributed by atoms with E-state index in [2.05, 4.69) is 16.0 Å². The van der Waals surface area contributed by atoms with Crippen molar-refractivity contribution in [3.63, 3.8) is 0 Å². The summed E-state index contributed by atoms with van der Waals surface area (Å²) in [5.74, 6) is -0.551. The van der Waals surface area contributed by atoms with Gasteiger partial charge in [0.1, 0.15) is 16.8 Å². The predicted octanol–water partition coefficient (Wildman–Crippen LogP) is 7.44. The molecule has 1 aliphatic rings. The SMILES string of the molecule is O=C(Nc1cccc(SC(C(=O)Nc2ccc3c(c2)OCO3)c2ccccc2)c1)/C(=C/c1ccc(F)cc1)NC(=O)c1ccccc1. The lowest BCUT2D eigenvalue weighted by Gasteiger charge is -2.18. The molecule has 0 spiro atoms. The maximum atomic E-state index is 13.6. The van der Waals surface area contributed by atoms with Crippen molar-refractivity contribution >= 4 is 46.9 Å². The van der Waals surface area contributed by atoms with Gasteiger partial charge in [-0.05, 0) is 71.8 Å². The molecule has 0 fully saturated rings. The minimum atomic E-state index is -0.633. The molecule has 3 amide bonds. The number of fused-ring (bicyclic) bond motifs is 1. The molecule has 1 atom stereocenters. The van der Waals surface area contributed by atoms with Crippen molar-refractivity contribution in [3.05, 3.63) is 156 Å². The molecule has 0 saturated heterocycles. The standard InChI is InChI=1S/C37H28FN3O5S/c38-27-16-14-24(15-17-27)20-31(41-35(42)26-10-5-2-6-11-26)36(43)39-28-12-7-13-30(21-28)47-34(25-8-3-1-4-9-25)37(44)40-29-18-19-32-33(22-29)46-23-45-32/h1-22,34H,23H2,(H,39,43)(H,40,44)(H,41,42)/b31-20-. The highest BCUT2D eigenvalue weighted by Crippen LogP contribution is 2.39. The minimum Gasteiger partial charge on any atom is -0.454 e. The Hall–Kier alpha value is -5.87. The first-order chi connectivity index (χ1) is 22.9. The van der Waals surface area contributed by atoms with E-state index >= 15 is 0 Å². The molecular formula is C37H28FN3O5S. The fourth-order valence-corrected chi connectivity index (χ4v) is 5.82. The summed E-state index contributed by atoms with van der Waals surface area (Å²) in [5.41, 5.74) is 2.66. The highest BCUT2D eigenvalue weighted by molar-refractivity contribution is 8.00. The van der Waals surface area contributed by atoms with Crippen LogP contribution in [0, 0.1) is 5.82 Å². The Morgan fingerprint density at radius 3 is 2.19 bits per heavy atom. The maximum absolute atomic E-state index is 13.6. The molecule has 5 aromatic rings. The molecule has 8 nitrogen and oxygen atoms in total. The minimum absolute atomic E-state index is 0.0335. The van der Waals surface area contributed by atoms with E-state index < -0.39 is 22.9 Å². The van der Waals surface area contributed by atoms with Gasteiger partial charge in [0.2, 0.25) is 12.7 Å². The van der Waals surface area contributed by atoms with Crippen LogP contribution in [-0.4, -0.2) is 24.5 Å². The lowest BCUT2D eigenvalue weighted by Crippen LogP contribution is -2.30. The van der Waals surface area contributed by atoms with Gasteiger partial charge in [-0.1, -0.05) is 66.7 Å². The topological polar surface area (TPSA) is 106 Å². The van der Waals surface area contributed by atoms with Gasteiger partial charge in [-0.25, -0.2) is 4.39 Å². The first kappa shape index (κ1) is 31.1. The Bertz CT molecular complexity index is 1940. The van der Waals surface area contributed by atoms with E-state index in [4.69, 9.17) is 9.47 Å². The Morgan fingerprint density at radius 2 is 1.43 bits per heavy atom. The number of ether oxygens (including phenoxy) is 2. The largest absolute Gasteiger partial charge is 0.454 e. The number of carbonyl (C=O) groups excluding carboxylic acids is 3. The second kappa shape index (κ2) is 14.5. The van der Waals surface area contributed by atoms with E-state index in [-0.39, 0.29) is 18.4 Å². The van der Waals surface area contributed by atoms with Crippen LogP contribution in [0.3, 0.4) is 0 Å². The molecular weight excluding hydrogens is 617 g/mol. The molecule has 1 unspecified atom stereocenters. The number of halogens is 1. The summed E-state index contributed by atoms with van der Waals surface area (Å²) >= 11 is 1.32. The van der Waals surface area contributed by atoms with Crippen molar-refractivity contribution in [3.8, 4) is 11.5 Å². The van der Waals surface area contributed by atoms with Crippen molar-refractivity contribution in [2.45, 2.75) is 10.1 Å². The number of thioether (sulfide) groups is 1. The van der Waals surface area contributed by atoms with Crippen LogP contribution in [0.2, 0.25) is 0 Å². The molecule has 6 rings (SSSR count). The molecule has 0 radical (unpaired) electrons. The predicted molar refractivity (Wildman–Crippen MR) is 180 cm³/mol. The summed E-state index contributed by atoms with van der Waals surface area (Å²) in [7, 11) is 0. The Labute approximate surface area is 274 Å². The first-order valence-electron chi connectivity index (χ1n) is 14.6. The van der Waals surface area contributed by atoms with Crippen molar-refractivity contribution in [1.29, 1.82) is 0 Å². The molecule has 0 saturated carbocycles. The van der Waals surface area contributed by atoms with Gasteiger partial charge in [-0.3, -0.25) is 14.4 Å². The van der Waals surface area contributed by atoms with Crippen LogP contribution in [0.15, 0.2) is 138 Å². The number of nitrogens with one attached hydrogen (secondary N) is 3. The molecule has 0 aromatic heterocycles. The molecule has 0 bridgehead atoms. The van der Waals surface area contributed by atoms with Gasteiger partial charge in [0, 0.05) is 27.9 Å².